The third-order valence-electron chi connectivity index (χ3n) is 5.35. The summed E-state index contributed by atoms with van der Waals surface area (Å²) in [5, 5.41) is 12.5. The smallest absolute Gasteiger partial charge is 0.335 e. The van der Waals surface area contributed by atoms with E-state index in [1.807, 2.05) is 62.4 Å². The van der Waals surface area contributed by atoms with Crippen molar-refractivity contribution in [1.29, 1.82) is 0 Å². The Balaban J connectivity index is 1.72. The number of nitrogens with zero attached hydrogens (tertiary/aromatic N) is 2. The molecule has 0 atom stereocenters. The standard InChI is InChI=1S/C25H19N3O3/c1-14-9-15(2)11-17(10-14)28-24(30)20(23(29)27-25(28)31)13-16-7-8-22-19(12-16)18-5-3-4-6-21(18)26-22/h3-13,30H,1-2H3,(H,27,29,31). The van der Waals surface area contributed by atoms with Crippen LogP contribution >= 0.6 is 0 Å². The van der Waals surface area contributed by atoms with Crippen molar-refractivity contribution >= 4 is 11.8 Å². The minimum atomic E-state index is -0.689. The molecule has 1 aromatic heterocycles. The van der Waals surface area contributed by atoms with E-state index in [1.165, 1.54) is 0 Å². The summed E-state index contributed by atoms with van der Waals surface area (Å²) in [5.41, 5.74) is 3.94. The highest BCUT2D eigenvalue weighted by atomic mass is 16.3. The van der Waals surface area contributed by atoms with Crippen LogP contribution in [0.4, 0.5) is 5.69 Å². The highest BCUT2D eigenvalue weighted by Gasteiger charge is 2.16. The summed E-state index contributed by atoms with van der Waals surface area (Å²) in [6.45, 7) is 3.81. The third-order valence-corrected chi connectivity index (χ3v) is 5.35. The summed E-state index contributed by atoms with van der Waals surface area (Å²) in [7, 11) is 0. The molecule has 0 radical (unpaired) electrons. The van der Waals surface area contributed by atoms with Gasteiger partial charge in [-0.3, -0.25) is 9.78 Å². The SMILES string of the molecule is Cc1cc(C)cc(-n2c(O)c(C=c3ccc4c(c3)-c3ccccc3N=4)c(=O)[nH]c2=O)c1. The topological polar surface area (TPSA) is 87.4 Å². The molecule has 0 unspecified atom stereocenters. The fourth-order valence-corrected chi connectivity index (χ4v) is 4.04. The Hall–Kier alpha value is -4.19. The number of hydrogen-bond donors (Lipinski definition) is 2. The molecule has 0 fully saturated rings. The number of nitrogens with one attached hydrogen (secondary N) is 1. The molecule has 0 bridgehead atoms. The number of para-hydroxylation sites is 1. The number of aryl methyl sites for hydroxylation is 2. The molecule has 0 amide bonds. The minimum absolute atomic E-state index is 0.0157. The lowest BCUT2D eigenvalue weighted by molar-refractivity contribution is 0.429. The van der Waals surface area contributed by atoms with Gasteiger partial charge in [-0.1, -0.05) is 30.3 Å². The lowest BCUT2D eigenvalue weighted by Gasteiger charge is -2.11. The first-order valence-corrected chi connectivity index (χ1v) is 9.87. The summed E-state index contributed by atoms with van der Waals surface area (Å²) in [5.74, 6) is -0.399. The largest absolute Gasteiger partial charge is 0.494 e. The zero-order chi connectivity index (χ0) is 21.7. The van der Waals surface area contributed by atoms with Crippen LogP contribution in [0.1, 0.15) is 16.7 Å². The van der Waals surface area contributed by atoms with E-state index in [9.17, 15) is 14.7 Å². The summed E-state index contributed by atoms with van der Waals surface area (Å²) in [6, 6.07) is 19.0. The molecular formula is C25H19N3O3. The van der Waals surface area contributed by atoms with Gasteiger partial charge in [0.1, 0.15) is 5.56 Å². The monoisotopic (exact) mass is 409 g/mol. The second-order valence-electron chi connectivity index (χ2n) is 7.73. The number of aromatic nitrogens is 2. The van der Waals surface area contributed by atoms with Crippen LogP contribution in [0, 0.1) is 13.8 Å². The van der Waals surface area contributed by atoms with Crippen LogP contribution < -0.4 is 21.8 Å². The maximum absolute atomic E-state index is 12.5. The van der Waals surface area contributed by atoms with Crippen LogP contribution in [0.3, 0.4) is 0 Å². The predicted molar refractivity (Wildman–Crippen MR) is 120 cm³/mol. The van der Waals surface area contributed by atoms with Crippen molar-refractivity contribution in [2.45, 2.75) is 13.8 Å². The second-order valence-corrected chi connectivity index (χ2v) is 7.73. The molecule has 5 rings (SSSR count). The number of fused-ring (bicyclic) bond motifs is 3. The van der Waals surface area contributed by atoms with Crippen molar-refractivity contribution in [2.75, 3.05) is 0 Å². The first-order chi connectivity index (χ1) is 14.9. The zero-order valence-corrected chi connectivity index (χ0v) is 17.0. The second kappa shape index (κ2) is 6.95. The van der Waals surface area contributed by atoms with Crippen LogP contribution in [0.5, 0.6) is 5.88 Å². The van der Waals surface area contributed by atoms with Gasteiger partial charge in [-0.25, -0.2) is 14.4 Å². The molecule has 31 heavy (non-hydrogen) atoms. The fourth-order valence-electron chi connectivity index (χ4n) is 4.04. The maximum atomic E-state index is 12.5. The van der Waals surface area contributed by atoms with Crippen LogP contribution in [0.15, 0.2) is 75.2 Å². The van der Waals surface area contributed by atoms with Gasteiger partial charge in [0.2, 0.25) is 5.88 Å². The molecule has 1 aliphatic rings. The molecule has 6 heteroatoms. The molecule has 0 saturated carbocycles. The van der Waals surface area contributed by atoms with Crippen LogP contribution in [-0.4, -0.2) is 14.7 Å². The normalized spacial score (nSPS) is 12.4. The van der Waals surface area contributed by atoms with E-state index < -0.39 is 17.1 Å². The first-order valence-electron chi connectivity index (χ1n) is 9.87. The molecule has 2 heterocycles. The van der Waals surface area contributed by atoms with Gasteiger partial charge in [0.05, 0.1) is 16.7 Å². The minimum Gasteiger partial charge on any atom is -0.494 e. The average Bonchev–Trinajstić information content (AvgIpc) is 3.08. The van der Waals surface area contributed by atoms with Gasteiger partial charge in [0, 0.05) is 11.1 Å². The van der Waals surface area contributed by atoms with Gasteiger partial charge in [0.15, 0.2) is 0 Å². The van der Waals surface area contributed by atoms with E-state index in [0.29, 0.717) is 5.69 Å². The molecule has 1 aliphatic heterocycles. The van der Waals surface area contributed by atoms with Gasteiger partial charge < -0.3 is 5.11 Å². The van der Waals surface area contributed by atoms with Crippen molar-refractivity contribution in [2.24, 2.45) is 4.99 Å². The molecule has 6 nitrogen and oxygen atoms in total. The van der Waals surface area contributed by atoms with Gasteiger partial charge in [-0.05, 0) is 66.6 Å². The molecule has 2 N–H and O–H groups in total. The van der Waals surface area contributed by atoms with Crippen LogP contribution in [0.2, 0.25) is 0 Å². The van der Waals surface area contributed by atoms with Crippen LogP contribution in [0.25, 0.3) is 22.9 Å². The first kappa shape index (κ1) is 18.8. The van der Waals surface area contributed by atoms with Gasteiger partial charge in [-0.2, -0.15) is 0 Å². The molecule has 0 saturated heterocycles. The van der Waals surface area contributed by atoms with Crippen LogP contribution in [-0.2, 0) is 0 Å². The third kappa shape index (κ3) is 3.18. The van der Waals surface area contributed by atoms with Crippen molar-refractivity contribution < 1.29 is 5.11 Å². The Morgan fingerprint density at radius 2 is 1.68 bits per heavy atom. The van der Waals surface area contributed by atoms with E-state index in [1.54, 1.807) is 18.2 Å². The molecule has 152 valence electrons. The average molecular weight is 409 g/mol. The molecular weight excluding hydrogens is 390 g/mol. The van der Waals surface area contributed by atoms with E-state index in [-0.39, 0.29) is 5.56 Å². The summed E-state index contributed by atoms with van der Waals surface area (Å²) < 4.78 is 1.12. The maximum Gasteiger partial charge on any atom is 0.335 e. The highest BCUT2D eigenvalue weighted by molar-refractivity contribution is 5.79. The lowest BCUT2D eigenvalue weighted by Crippen LogP contribution is -2.31. The number of aromatic amines is 1. The van der Waals surface area contributed by atoms with E-state index in [2.05, 4.69) is 9.98 Å². The van der Waals surface area contributed by atoms with Crippen molar-refractivity contribution in [3.63, 3.8) is 0 Å². The molecule has 3 aromatic carbocycles. The van der Waals surface area contributed by atoms with Crippen molar-refractivity contribution in [3.8, 4) is 22.7 Å². The number of H-pyrrole nitrogens is 1. The predicted octanol–water partition coefficient (Wildman–Crippen LogP) is 2.61. The quantitative estimate of drug-likeness (QED) is 0.470. The molecule has 4 aromatic rings. The summed E-state index contributed by atoms with van der Waals surface area (Å²) in [6.07, 6.45) is 1.58. The summed E-state index contributed by atoms with van der Waals surface area (Å²) >= 11 is 0. The number of hydrogen-bond acceptors (Lipinski definition) is 4. The number of aromatic hydroxyl groups is 1. The Bertz CT molecular complexity index is 1590. The molecule has 0 aliphatic carbocycles. The van der Waals surface area contributed by atoms with Crippen molar-refractivity contribution in [3.05, 3.63) is 109 Å². The summed E-state index contributed by atoms with van der Waals surface area (Å²) in [4.78, 5) is 32.0. The van der Waals surface area contributed by atoms with Gasteiger partial charge in [-0.15, -0.1) is 0 Å². The van der Waals surface area contributed by atoms with E-state index >= 15 is 0 Å². The highest BCUT2D eigenvalue weighted by Crippen LogP contribution is 2.31. The molecule has 0 spiro atoms. The van der Waals surface area contributed by atoms with Crippen molar-refractivity contribution in [1.82, 2.24) is 9.55 Å². The Morgan fingerprint density at radius 1 is 0.935 bits per heavy atom. The number of rotatable bonds is 2. The Kier molecular flexibility index (Phi) is 4.22. The van der Waals surface area contributed by atoms with E-state index in [0.717, 1.165) is 43.1 Å². The number of benzene rings is 3. The lowest BCUT2D eigenvalue weighted by atomic mass is 10.0. The Morgan fingerprint density at radius 3 is 2.45 bits per heavy atom. The van der Waals surface area contributed by atoms with Gasteiger partial charge >= 0.3 is 5.69 Å². The zero-order valence-electron chi connectivity index (χ0n) is 17.0. The van der Waals surface area contributed by atoms with Gasteiger partial charge in [0.25, 0.3) is 5.56 Å². The van der Waals surface area contributed by atoms with E-state index in [4.69, 9.17) is 0 Å². The Labute approximate surface area is 177 Å². The fraction of sp³-hybridized carbons (Fsp3) is 0.0800.